The largest absolute Gasteiger partial charge is 0.299 e. The molecule has 0 bridgehead atoms. The van der Waals surface area contributed by atoms with Crippen LogP contribution in [0.3, 0.4) is 0 Å². The predicted octanol–water partition coefficient (Wildman–Crippen LogP) is 3.38. The molecular formula is C13H23N. The van der Waals surface area contributed by atoms with E-state index in [0.717, 1.165) is 6.54 Å². The van der Waals surface area contributed by atoms with E-state index in [0.29, 0.717) is 0 Å². The van der Waals surface area contributed by atoms with Crippen molar-refractivity contribution in [2.45, 2.75) is 39.5 Å². The first kappa shape index (κ1) is 11.5. The third-order valence-electron chi connectivity index (χ3n) is 2.64. The second-order valence-electron chi connectivity index (χ2n) is 4.21. The van der Waals surface area contributed by atoms with Gasteiger partial charge >= 0.3 is 0 Å². The van der Waals surface area contributed by atoms with Crippen LogP contribution < -0.4 is 0 Å². The molecule has 1 nitrogen and oxygen atoms in total. The van der Waals surface area contributed by atoms with E-state index in [1.165, 1.54) is 44.3 Å². The van der Waals surface area contributed by atoms with E-state index in [-0.39, 0.29) is 0 Å². The summed E-state index contributed by atoms with van der Waals surface area (Å²) in [5.41, 5.74) is 1.49. The molecule has 80 valence electrons. The number of rotatable bonds is 5. The molecule has 0 radical (unpaired) electrons. The van der Waals surface area contributed by atoms with Crippen LogP contribution in [0.2, 0.25) is 0 Å². The highest BCUT2D eigenvalue weighted by molar-refractivity contribution is 5.12. The minimum atomic E-state index is 1.16. The van der Waals surface area contributed by atoms with E-state index in [4.69, 9.17) is 0 Å². The van der Waals surface area contributed by atoms with E-state index in [2.05, 4.69) is 37.0 Å². The zero-order valence-electron chi connectivity index (χ0n) is 9.63. The van der Waals surface area contributed by atoms with Gasteiger partial charge in [0.05, 0.1) is 0 Å². The Balaban J connectivity index is 2.21. The van der Waals surface area contributed by atoms with Crippen LogP contribution in [0.5, 0.6) is 0 Å². The number of hydrogen-bond donors (Lipinski definition) is 0. The van der Waals surface area contributed by atoms with Crippen molar-refractivity contribution in [3.8, 4) is 0 Å². The van der Waals surface area contributed by atoms with Crippen LogP contribution in [0.25, 0.3) is 0 Å². The monoisotopic (exact) mass is 193 g/mol. The summed E-state index contributed by atoms with van der Waals surface area (Å²) < 4.78 is 0. The Hall–Kier alpha value is -0.560. The Morgan fingerprint density at radius 2 is 2.00 bits per heavy atom. The summed E-state index contributed by atoms with van der Waals surface area (Å²) in [5.74, 6) is 0. The van der Waals surface area contributed by atoms with Gasteiger partial charge in [-0.3, -0.25) is 4.90 Å². The first-order chi connectivity index (χ1) is 6.83. The lowest BCUT2D eigenvalue weighted by Crippen LogP contribution is -2.20. The highest BCUT2D eigenvalue weighted by atomic mass is 15.1. The van der Waals surface area contributed by atoms with Crippen molar-refractivity contribution in [3.63, 3.8) is 0 Å². The molecule has 0 atom stereocenters. The molecule has 0 saturated carbocycles. The van der Waals surface area contributed by atoms with E-state index < -0.39 is 0 Å². The minimum Gasteiger partial charge on any atom is -0.299 e. The van der Waals surface area contributed by atoms with Crippen LogP contribution in [-0.4, -0.2) is 24.5 Å². The molecule has 1 saturated heterocycles. The molecule has 0 N–H and O–H groups in total. The van der Waals surface area contributed by atoms with Crippen molar-refractivity contribution in [2.24, 2.45) is 0 Å². The van der Waals surface area contributed by atoms with Gasteiger partial charge < -0.3 is 0 Å². The van der Waals surface area contributed by atoms with Gasteiger partial charge in [-0.15, -0.1) is 0 Å². The number of allylic oxidation sites excluding steroid dienone is 3. The number of hydrogen-bond acceptors (Lipinski definition) is 1. The van der Waals surface area contributed by atoms with E-state index in [1.807, 2.05) is 0 Å². The first-order valence-electron chi connectivity index (χ1n) is 5.87. The molecular weight excluding hydrogens is 170 g/mol. The Labute approximate surface area is 88.5 Å². The first-order valence-corrected chi connectivity index (χ1v) is 5.87. The average Bonchev–Trinajstić information content (AvgIpc) is 2.65. The third-order valence-corrected chi connectivity index (χ3v) is 2.64. The number of nitrogens with zero attached hydrogens (tertiary/aromatic N) is 1. The maximum Gasteiger partial charge on any atom is 0.0193 e. The lowest BCUT2D eigenvalue weighted by atomic mass is 10.2. The van der Waals surface area contributed by atoms with E-state index in [9.17, 15) is 0 Å². The Bertz CT molecular complexity index is 197. The maximum atomic E-state index is 2.54. The fraction of sp³-hybridized carbons (Fsp3) is 0.692. The van der Waals surface area contributed by atoms with Gasteiger partial charge in [0.25, 0.3) is 0 Å². The summed E-state index contributed by atoms with van der Waals surface area (Å²) in [5, 5.41) is 0. The van der Waals surface area contributed by atoms with Crippen molar-refractivity contribution in [2.75, 3.05) is 19.6 Å². The van der Waals surface area contributed by atoms with Gasteiger partial charge in [-0.05, 0) is 39.3 Å². The summed E-state index contributed by atoms with van der Waals surface area (Å²) in [6, 6.07) is 0. The minimum absolute atomic E-state index is 1.16. The third kappa shape index (κ3) is 4.61. The molecule has 1 heterocycles. The summed E-state index contributed by atoms with van der Waals surface area (Å²) in [6.07, 6.45) is 11.9. The van der Waals surface area contributed by atoms with Crippen LogP contribution in [0.1, 0.15) is 39.5 Å². The van der Waals surface area contributed by atoms with Crippen LogP contribution in [0.4, 0.5) is 0 Å². The van der Waals surface area contributed by atoms with Gasteiger partial charge in [0.1, 0.15) is 0 Å². The van der Waals surface area contributed by atoms with Crippen LogP contribution in [0.15, 0.2) is 23.8 Å². The van der Waals surface area contributed by atoms with Gasteiger partial charge in [-0.25, -0.2) is 0 Å². The van der Waals surface area contributed by atoms with Gasteiger partial charge in [-0.2, -0.15) is 0 Å². The SMILES string of the molecule is CCC/C=C\C=C(/C)CN1CCCC1. The normalized spacial score (nSPS) is 19.7. The zero-order valence-corrected chi connectivity index (χ0v) is 9.63. The van der Waals surface area contributed by atoms with Gasteiger partial charge in [0, 0.05) is 6.54 Å². The van der Waals surface area contributed by atoms with Crippen molar-refractivity contribution >= 4 is 0 Å². The van der Waals surface area contributed by atoms with E-state index >= 15 is 0 Å². The van der Waals surface area contributed by atoms with Crippen LogP contribution >= 0.6 is 0 Å². The van der Waals surface area contributed by atoms with Crippen LogP contribution in [-0.2, 0) is 0 Å². The highest BCUT2D eigenvalue weighted by Crippen LogP contribution is 2.09. The maximum absolute atomic E-state index is 2.54. The van der Waals surface area contributed by atoms with Crippen molar-refractivity contribution in [1.82, 2.24) is 4.90 Å². The topological polar surface area (TPSA) is 3.24 Å². The zero-order chi connectivity index (χ0) is 10.2. The molecule has 0 unspecified atom stereocenters. The summed E-state index contributed by atoms with van der Waals surface area (Å²) in [4.78, 5) is 2.54. The molecule has 0 aromatic rings. The van der Waals surface area contributed by atoms with Gasteiger partial charge in [0.15, 0.2) is 0 Å². The van der Waals surface area contributed by atoms with Crippen molar-refractivity contribution < 1.29 is 0 Å². The quantitative estimate of drug-likeness (QED) is 0.605. The molecule has 1 fully saturated rings. The lowest BCUT2D eigenvalue weighted by Gasteiger charge is -2.14. The molecule has 1 aliphatic rings. The summed E-state index contributed by atoms with van der Waals surface area (Å²) in [6.45, 7) is 8.20. The predicted molar refractivity (Wildman–Crippen MR) is 63.5 cm³/mol. The van der Waals surface area contributed by atoms with Gasteiger partial charge in [-0.1, -0.05) is 37.1 Å². The molecule has 0 aromatic heterocycles. The molecule has 0 amide bonds. The fourth-order valence-corrected chi connectivity index (χ4v) is 1.84. The number of unbranched alkanes of at least 4 members (excludes halogenated alkanes) is 1. The Morgan fingerprint density at radius 1 is 1.29 bits per heavy atom. The molecule has 0 aliphatic carbocycles. The van der Waals surface area contributed by atoms with E-state index in [1.54, 1.807) is 0 Å². The second kappa shape index (κ2) is 6.83. The number of likely N-dealkylation sites (tertiary alicyclic amines) is 1. The van der Waals surface area contributed by atoms with Crippen molar-refractivity contribution in [3.05, 3.63) is 23.8 Å². The standard InChI is InChI=1S/C13H23N/c1-3-4-5-6-9-13(2)12-14-10-7-8-11-14/h5-6,9H,3-4,7-8,10-12H2,1-2H3/b6-5-,13-9+. The molecule has 1 rings (SSSR count). The smallest absolute Gasteiger partial charge is 0.0193 e. The van der Waals surface area contributed by atoms with Crippen molar-refractivity contribution in [1.29, 1.82) is 0 Å². The molecule has 0 spiro atoms. The second-order valence-corrected chi connectivity index (χ2v) is 4.21. The highest BCUT2D eigenvalue weighted by Gasteiger charge is 2.10. The Morgan fingerprint density at radius 3 is 2.64 bits per heavy atom. The lowest BCUT2D eigenvalue weighted by molar-refractivity contribution is 0.368. The molecule has 1 heteroatoms. The summed E-state index contributed by atoms with van der Waals surface area (Å²) in [7, 11) is 0. The summed E-state index contributed by atoms with van der Waals surface area (Å²) >= 11 is 0. The average molecular weight is 193 g/mol. The van der Waals surface area contributed by atoms with Crippen LogP contribution in [0, 0.1) is 0 Å². The molecule has 14 heavy (non-hydrogen) atoms. The molecule has 0 aromatic carbocycles. The molecule has 1 aliphatic heterocycles. The Kier molecular flexibility index (Phi) is 5.62. The fourth-order valence-electron chi connectivity index (χ4n) is 1.84. The van der Waals surface area contributed by atoms with Gasteiger partial charge in [0.2, 0.25) is 0 Å².